The lowest BCUT2D eigenvalue weighted by Crippen LogP contribution is -2.04. The second-order valence-corrected chi connectivity index (χ2v) is 8.57. The normalized spacial score (nSPS) is 11.4. The van der Waals surface area contributed by atoms with Gasteiger partial charge >= 0.3 is 5.97 Å². The number of allylic oxidation sites excluding steroid dienone is 1. The lowest BCUT2D eigenvalue weighted by atomic mass is 10.00. The molecule has 5 aromatic rings. The highest BCUT2D eigenvalue weighted by Gasteiger charge is 2.18. The Morgan fingerprint density at radius 2 is 1.66 bits per heavy atom. The first kappa shape index (κ1) is 22.5. The van der Waals surface area contributed by atoms with Crippen LogP contribution < -0.4 is 4.74 Å². The molecule has 4 aromatic carbocycles. The number of fused-ring (bicyclic) bond motifs is 2. The summed E-state index contributed by atoms with van der Waals surface area (Å²) in [6, 6.07) is 30.4. The SMILES string of the molecule is O=C(O)c1[nH]c2cccc(/C=C/Cc3ccccc3)c2c1CCCOc1cccc2ccccc12. The van der Waals surface area contributed by atoms with Crippen molar-refractivity contribution in [3.63, 3.8) is 0 Å². The Bertz CT molecular complexity index is 1490. The number of hydrogen-bond acceptors (Lipinski definition) is 2. The van der Waals surface area contributed by atoms with Crippen molar-refractivity contribution in [2.45, 2.75) is 19.3 Å². The Hall–Kier alpha value is -4.31. The molecule has 5 rings (SSSR count). The molecule has 0 saturated carbocycles. The fourth-order valence-electron chi connectivity index (χ4n) is 4.61. The van der Waals surface area contributed by atoms with Crippen LogP contribution in [0.3, 0.4) is 0 Å². The van der Waals surface area contributed by atoms with Crippen LogP contribution in [0.25, 0.3) is 27.8 Å². The van der Waals surface area contributed by atoms with Crippen LogP contribution >= 0.6 is 0 Å². The Balaban J connectivity index is 1.36. The Morgan fingerprint density at radius 1 is 0.886 bits per heavy atom. The average molecular weight is 462 g/mol. The molecule has 1 heterocycles. The van der Waals surface area contributed by atoms with Gasteiger partial charge in [0.2, 0.25) is 0 Å². The zero-order valence-electron chi connectivity index (χ0n) is 19.4. The number of aryl methyl sites for hydroxylation is 1. The van der Waals surface area contributed by atoms with Gasteiger partial charge in [0, 0.05) is 16.3 Å². The summed E-state index contributed by atoms with van der Waals surface area (Å²) in [5, 5.41) is 13.0. The molecule has 0 aliphatic rings. The molecule has 0 atom stereocenters. The van der Waals surface area contributed by atoms with Crippen molar-refractivity contribution in [1.29, 1.82) is 0 Å². The van der Waals surface area contributed by atoms with Gasteiger partial charge in [0.1, 0.15) is 11.4 Å². The van der Waals surface area contributed by atoms with Crippen LogP contribution in [-0.2, 0) is 12.8 Å². The number of carboxylic acid groups (broad SMARTS) is 1. The summed E-state index contributed by atoms with van der Waals surface area (Å²) in [4.78, 5) is 15.1. The highest BCUT2D eigenvalue weighted by Crippen LogP contribution is 2.29. The molecule has 4 heteroatoms. The number of carboxylic acids is 1. The van der Waals surface area contributed by atoms with Crippen LogP contribution in [-0.4, -0.2) is 22.7 Å². The van der Waals surface area contributed by atoms with Crippen LogP contribution in [0, 0.1) is 0 Å². The number of aromatic carboxylic acids is 1. The number of hydrogen-bond donors (Lipinski definition) is 2. The highest BCUT2D eigenvalue weighted by atomic mass is 16.5. The molecule has 0 aliphatic heterocycles. The largest absolute Gasteiger partial charge is 0.493 e. The number of aromatic amines is 1. The number of H-pyrrole nitrogens is 1. The smallest absolute Gasteiger partial charge is 0.352 e. The molecule has 35 heavy (non-hydrogen) atoms. The van der Waals surface area contributed by atoms with E-state index in [1.807, 2.05) is 60.7 Å². The van der Waals surface area contributed by atoms with Gasteiger partial charge in [-0.05, 0) is 53.5 Å². The van der Waals surface area contributed by atoms with Gasteiger partial charge in [0.15, 0.2) is 0 Å². The van der Waals surface area contributed by atoms with E-state index in [4.69, 9.17) is 4.74 Å². The van der Waals surface area contributed by atoms with Crippen molar-refractivity contribution >= 4 is 33.7 Å². The van der Waals surface area contributed by atoms with Crippen LogP contribution in [0.5, 0.6) is 5.75 Å². The quantitative estimate of drug-likeness (QED) is 0.227. The predicted molar refractivity (Wildman–Crippen MR) is 142 cm³/mol. The van der Waals surface area contributed by atoms with E-state index in [0.29, 0.717) is 19.4 Å². The maximum atomic E-state index is 12.0. The molecule has 0 radical (unpaired) electrons. The lowest BCUT2D eigenvalue weighted by molar-refractivity contribution is 0.0690. The number of ether oxygens (including phenoxy) is 1. The predicted octanol–water partition coefficient (Wildman–Crippen LogP) is 7.29. The third-order valence-corrected chi connectivity index (χ3v) is 6.25. The van der Waals surface area contributed by atoms with E-state index < -0.39 is 5.97 Å². The van der Waals surface area contributed by atoms with Crippen LogP contribution in [0.4, 0.5) is 0 Å². The van der Waals surface area contributed by atoms with Gasteiger partial charge in [-0.15, -0.1) is 0 Å². The van der Waals surface area contributed by atoms with E-state index in [-0.39, 0.29) is 5.69 Å². The zero-order chi connectivity index (χ0) is 24.0. The molecule has 0 unspecified atom stereocenters. The molecule has 0 aliphatic carbocycles. The first-order chi connectivity index (χ1) is 17.2. The topological polar surface area (TPSA) is 62.3 Å². The maximum absolute atomic E-state index is 12.0. The van der Waals surface area contributed by atoms with E-state index in [9.17, 15) is 9.90 Å². The molecule has 1 aromatic heterocycles. The van der Waals surface area contributed by atoms with Gasteiger partial charge in [-0.25, -0.2) is 4.79 Å². The van der Waals surface area contributed by atoms with Gasteiger partial charge < -0.3 is 14.8 Å². The van der Waals surface area contributed by atoms with Crippen LogP contribution in [0.2, 0.25) is 0 Å². The number of benzene rings is 4. The second kappa shape index (κ2) is 10.3. The third-order valence-electron chi connectivity index (χ3n) is 6.25. The molecule has 0 amide bonds. The Morgan fingerprint density at radius 3 is 2.51 bits per heavy atom. The lowest BCUT2D eigenvalue weighted by Gasteiger charge is -2.10. The number of nitrogens with one attached hydrogen (secondary N) is 1. The fraction of sp³-hybridized carbons (Fsp3) is 0.129. The molecule has 174 valence electrons. The summed E-state index contributed by atoms with van der Waals surface area (Å²) < 4.78 is 6.10. The van der Waals surface area contributed by atoms with Crippen molar-refractivity contribution in [2.24, 2.45) is 0 Å². The molecule has 0 saturated heterocycles. The molecule has 0 fully saturated rings. The first-order valence-electron chi connectivity index (χ1n) is 11.9. The van der Waals surface area contributed by atoms with E-state index in [1.165, 1.54) is 5.56 Å². The van der Waals surface area contributed by atoms with Gasteiger partial charge in [-0.3, -0.25) is 0 Å². The van der Waals surface area contributed by atoms with Crippen molar-refractivity contribution < 1.29 is 14.6 Å². The molecule has 2 N–H and O–H groups in total. The average Bonchev–Trinajstić information content (AvgIpc) is 3.27. The van der Waals surface area contributed by atoms with Crippen molar-refractivity contribution in [1.82, 2.24) is 4.98 Å². The van der Waals surface area contributed by atoms with E-state index in [1.54, 1.807) is 0 Å². The maximum Gasteiger partial charge on any atom is 0.352 e. The minimum atomic E-state index is -0.939. The number of aromatic nitrogens is 1. The van der Waals surface area contributed by atoms with Gasteiger partial charge in [-0.1, -0.05) is 91.0 Å². The summed E-state index contributed by atoms with van der Waals surface area (Å²) in [5.74, 6) is -0.0876. The minimum absolute atomic E-state index is 0.258. The molecular weight excluding hydrogens is 434 g/mol. The monoisotopic (exact) mass is 461 g/mol. The first-order valence-corrected chi connectivity index (χ1v) is 11.9. The van der Waals surface area contributed by atoms with Crippen LogP contribution in [0.1, 0.15) is 33.6 Å². The highest BCUT2D eigenvalue weighted by molar-refractivity contribution is 6.00. The van der Waals surface area contributed by atoms with Gasteiger partial charge in [-0.2, -0.15) is 0 Å². The summed E-state index contributed by atoms with van der Waals surface area (Å²) in [6.45, 7) is 0.506. The van der Waals surface area contributed by atoms with Crippen molar-refractivity contribution in [3.8, 4) is 5.75 Å². The standard InChI is InChI=1S/C31H27NO3/c33-31(34)30-26(18-9-21-35-28-20-8-14-23-13-4-5-17-25(23)28)29-24(16-7-19-27(29)32-30)15-6-12-22-10-2-1-3-11-22/h1-8,10-11,13-17,19-20,32H,9,12,18,21H2,(H,33,34)/b15-6+. The molecule has 0 bridgehead atoms. The molecular formula is C31H27NO3. The third kappa shape index (κ3) is 4.97. The number of rotatable bonds is 9. The summed E-state index contributed by atoms with van der Waals surface area (Å²) in [7, 11) is 0. The van der Waals surface area contributed by atoms with E-state index >= 15 is 0 Å². The van der Waals surface area contributed by atoms with Crippen molar-refractivity contribution in [2.75, 3.05) is 6.61 Å². The van der Waals surface area contributed by atoms with Crippen molar-refractivity contribution in [3.05, 3.63) is 119 Å². The fourth-order valence-corrected chi connectivity index (χ4v) is 4.61. The van der Waals surface area contributed by atoms with Gasteiger partial charge in [0.05, 0.1) is 6.61 Å². The summed E-state index contributed by atoms with van der Waals surface area (Å²) in [6.07, 6.45) is 6.35. The Labute approximate surface area is 204 Å². The zero-order valence-corrected chi connectivity index (χ0v) is 19.4. The molecule has 4 nitrogen and oxygen atoms in total. The minimum Gasteiger partial charge on any atom is -0.493 e. The number of carbonyl (C=O) groups is 1. The van der Waals surface area contributed by atoms with Gasteiger partial charge in [0.25, 0.3) is 0 Å². The molecule has 0 spiro atoms. The second-order valence-electron chi connectivity index (χ2n) is 8.57. The van der Waals surface area contributed by atoms with E-state index in [2.05, 4.69) is 47.5 Å². The Kier molecular flexibility index (Phi) is 6.62. The van der Waals surface area contributed by atoms with E-state index in [0.717, 1.165) is 45.0 Å². The summed E-state index contributed by atoms with van der Waals surface area (Å²) >= 11 is 0. The van der Waals surface area contributed by atoms with Crippen LogP contribution in [0.15, 0.2) is 97.1 Å². The summed E-state index contributed by atoms with van der Waals surface area (Å²) in [5.41, 5.74) is 4.19.